The molecule has 4 nitrogen and oxygen atoms in total. The van der Waals surface area contributed by atoms with Crippen LogP contribution < -0.4 is 5.32 Å². The first-order chi connectivity index (χ1) is 12.5. The summed E-state index contributed by atoms with van der Waals surface area (Å²) in [7, 11) is 0. The maximum absolute atomic E-state index is 13.5. The number of fused-ring (bicyclic) bond motifs is 1. The van der Waals surface area contributed by atoms with Crippen molar-refractivity contribution >= 4 is 11.8 Å². The molecule has 1 aliphatic rings. The van der Waals surface area contributed by atoms with Gasteiger partial charge in [0.15, 0.2) is 0 Å². The molecule has 0 fully saturated rings. The largest absolute Gasteiger partial charge is 0.352 e. The molecular weight excluding hydrogens is 338 g/mol. The van der Waals surface area contributed by atoms with Crippen molar-refractivity contribution in [1.82, 2.24) is 10.2 Å². The zero-order valence-corrected chi connectivity index (χ0v) is 14.3. The van der Waals surface area contributed by atoms with Crippen LogP contribution in [0, 0.1) is 11.6 Å². The molecule has 0 bridgehead atoms. The Hall–Kier alpha value is -2.76. The maximum atomic E-state index is 13.5. The predicted octanol–water partition coefficient (Wildman–Crippen LogP) is 3.06. The van der Waals surface area contributed by atoms with Gasteiger partial charge >= 0.3 is 0 Å². The van der Waals surface area contributed by atoms with Crippen LogP contribution in [0.2, 0.25) is 0 Å². The van der Waals surface area contributed by atoms with Gasteiger partial charge in [-0.1, -0.05) is 24.3 Å². The Balaban J connectivity index is 1.44. The third-order valence-electron chi connectivity index (χ3n) is 4.51. The van der Waals surface area contributed by atoms with Crippen molar-refractivity contribution in [1.29, 1.82) is 0 Å². The minimum Gasteiger partial charge on any atom is -0.352 e. The monoisotopic (exact) mass is 358 g/mol. The Kier molecular flexibility index (Phi) is 5.61. The van der Waals surface area contributed by atoms with Crippen LogP contribution in [0.25, 0.3) is 0 Å². The Morgan fingerprint density at radius 1 is 1.08 bits per heavy atom. The lowest BCUT2D eigenvalue weighted by Gasteiger charge is -2.29. The van der Waals surface area contributed by atoms with Gasteiger partial charge in [-0.05, 0) is 36.1 Å². The topological polar surface area (TPSA) is 49.4 Å². The zero-order valence-electron chi connectivity index (χ0n) is 14.3. The van der Waals surface area contributed by atoms with Crippen LogP contribution >= 0.6 is 0 Å². The van der Waals surface area contributed by atoms with Crippen molar-refractivity contribution in [3.63, 3.8) is 0 Å². The number of nitrogens with one attached hydrogen (secondary N) is 1. The van der Waals surface area contributed by atoms with Crippen LogP contribution in [0.4, 0.5) is 8.78 Å². The zero-order chi connectivity index (χ0) is 18.5. The van der Waals surface area contributed by atoms with E-state index in [0.29, 0.717) is 32.0 Å². The van der Waals surface area contributed by atoms with Gasteiger partial charge in [-0.15, -0.1) is 0 Å². The molecule has 136 valence electrons. The summed E-state index contributed by atoms with van der Waals surface area (Å²) in [5.74, 6) is -2.19. The van der Waals surface area contributed by atoms with Crippen LogP contribution in [0.1, 0.15) is 34.3 Å². The highest BCUT2D eigenvalue weighted by Crippen LogP contribution is 2.19. The molecule has 0 aliphatic carbocycles. The summed E-state index contributed by atoms with van der Waals surface area (Å²) in [6.07, 6.45) is 1.63. The van der Waals surface area contributed by atoms with Crippen molar-refractivity contribution in [2.45, 2.75) is 25.8 Å². The molecule has 0 saturated heterocycles. The van der Waals surface area contributed by atoms with Crippen molar-refractivity contribution in [3.8, 4) is 0 Å². The number of halogens is 2. The van der Waals surface area contributed by atoms with Crippen LogP contribution in [0.5, 0.6) is 0 Å². The summed E-state index contributed by atoms with van der Waals surface area (Å²) < 4.78 is 26.4. The van der Waals surface area contributed by atoms with Crippen molar-refractivity contribution in [2.24, 2.45) is 0 Å². The quantitative estimate of drug-likeness (QED) is 0.835. The summed E-state index contributed by atoms with van der Waals surface area (Å²) in [6.45, 7) is 1.57. The second kappa shape index (κ2) is 8.08. The van der Waals surface area contributed by atoms with E-state index in [0.717, 1.165) is 18.6 Å². The van der Waals surface area contributed by atoms with Crippen molar-refractivity contribution in [2.75, 3.05) is 13.1 Å². The number of hydrogen-bond donors (Lipinski definition) is 1. The van der Waals surface area contributed by atoms with Crippen LogP contribution in [0.3, 0.4) is 0 Å². The first-order valence-electron chi connectivity index (χ1n) is 8.62. The second-order valence-corrected chi connectivity index (χ2v) is 6.32. The summed E-state index contributed by atoms with van der Waals surface area (Å²) in [4.78, 5) is 26.0. The highest BCUT2D eigenvalue weighted by Gasteiger charge is 2.20. The number of amides is 2. The lowest BCUT2D eigenvalue weighted by Crippen LogP contribution is -2.36. The molecule has 3 rings (SSSR count). The fraction of sp³-hybridized carbons (Fsp3) is 0.300. The van der Waals surface area contributed by atoms with E-state index >= 15 is 0 Å². The van der Waals surface area contributed by atoms with E-state index in [1.807, 2.05) is 23.1 Å². The van der Waals surface area contributed by atoms with Crippen LogP contribution in [-0.2, 0) is 17.8 Å². The van der Waals surface area contributed by atoms with E-state index in [1.54, 1.807) is 0 Å². The van der Waals surface area contributed by atoms with Gasteiger partial charge in [-0.3, -0.25) is 9.59 Å². The van der Waals surface area contributed by atoms with Crippen molar-refractivity contribution in [3.05, 3.63) is 70.8 Å². The number of rotatable bonds is 5. The average molecular weight is 358 g/mol. The molecule has 2 amide bonds. The molecule has 2 aromatic carbocycles. The van der Waals surface area contributed by atoms with Gasteiger partial charge in [0.1, 0.15) is 11.6 Å². The molecule has 1 heterocycles. The van der Waals surface area contributed by atoms with Gasteiger partial charge in [0.25, 0.3) is 5.91 Å². The number of hydrogen-bond acceptors (Lipinski definition) is 2. The minimum atomic E-state index is -0.898. The van der Waals surface area contributed by atoms with E-state index in [4.69, 9.17) is 0 Å². The van der Waals surface area contributed by atoms with Gasteiger partial charge in [-0.2, -0.15) is 0 Å². The highest BCUT2D eigenvalue weighted by atomic mass is 19.1. The second-order valence-electron chi connectivity index (χ2n) is 6.32. The molecule has 0 spiro atoms. The molecule has 0 radical (unpaired) electrons. The fourth-order valence-corrected chi connectivity index (χ4v) is 3.08. The molecule has 0 atom stereocenters. The van der Waals surface area contributed by atoms with E-state index in [2.05, 4.69) is 11.4 Å². The first kappa shape index (κ1) is 18.0. The SMILES string of the molecule is O=C(NCCCC(=O)N1CCc2ccccc2C1)c1ccc(F)cc1F. The summed E-state index contributed by atoms with van der Waals surface area (Å²) in [6, 6.07) is 10.9. The van der Waals surface area contributed by atoms with Gasteiger partial charge in [0, 0.05) is 32.1 Å². The predicted molar refractivity (Wildman–Crippen MR) is 93.5 cm³/mol. The van der Waals surface area contributed by atoms with E-state index < -0.39 is 17.5 Å². The van der Waals surface area contributed by atoms with Gasteiger partial charge < -0.3 is 10.2 Å². The molecular formula is C20H20F2N2O2. The first-order valence-corrected chi connectivity index (χ1v) is 8.62. The Labute approximate surface area is 150 Å². The lowest BCUT2D eigenvalue weighted by molar-refractivity contribution is -0.132. The van der Waals surface area contributed by atoms with Gasteiger partial charge in [0.05, 0.1) is 5.56 Å². The van der Waals surface area contributed by atoms with E-state index in [1.165, 1.54) is 11.1 Å². The van der Waals surface area contributed by atoms with Gasteiger partial charge in [0.2, 0.25) is 5.91 Å². The lowest BCUT2D eigenvalue weighted by atomic mass is 9.99. The summed E-state index contributed by atoms with van der Waals surface area (Å²) >= 11 is 0. The normalized spacial score (nSPS) is 13.2. The molecule has 0 aromatic heterocycles. The number of benzene rings is 2. The third-order valence-corrected chi connectivity index (χ3v) is 4.51. The molecule has 0 unspecified atom stereocenters. The summed E-state index contributed by atoms with van der Waals surface area (Å²) in [5, 5.41) is 2.56. The Morgan fingerprint density at radius 3 is 2.62 bits per heavy atom. The van der Waals surface area contributed by atoms with E-state index in [-0.39, 0.29) is 18.0 Å². The molecule has 26 heavy (non-hydrogen) atoms. The maximum Gasteiger partial charge on any atom is 0.254 e. The number of carbonyl (C=O) groups excluding carboxylic acids is 2. The molecule has 6 heteroatoms. The number of carbonyl (C=O) groups is 2. The van der Waals surface area contributed by atoms with E-state index in [9.17, 15) is 18.4 Å². The minimum absolute atomic E-state index is 0.0433. The molecule has 0 saturated carbocycles. The Morgan fingerprint density at radius 2 is 1.85 bits per heavy atom. The Bertz CT molecular complexity index is 823. The highest BCUT2D eigenvalue weighted by molar-refractivity contribution is 5.94. The fourth-order valence-electron chi connectivity index (χ4n) is 3.08. The summed E-state index contributed by atoms with van der Waals surface area (Å²) in [5.41, 5.74) is 2.25. The average Bonchev–Trinajstić information content (AvgIpc) is 2.64. The molecule has 1 N–H and O–H groups in total. The van der Waals surface area contributed by atoms with Crippen LogP contribution in [-0.4, -0.2) is 29.8 Å². The standard InChI is InChI=1S/C20H20F2N2O2/c21-16-7-8-17(18(22)12-16)20(26)23-10-3-6-19(25)24-11-9-14-4-1-2-5-15(14)13-24/h1-2,4-5,7-8,12H,3,6,9-11,13H2,(H,23,26). The molecule has 1 aliphatic heterocycles. The third kappa shape index (κ3) is 4.25. The smallest absolute Gasteiger partial charge is 0.254 e. The van der Waals surface area contributed by atoms with Crippen molar-refractivity contribution < 1.29 is 18.4 Å². The molecule has 2 aromatic rings. The number of nitrogens with zero attached hydrogens (tertiary/aromatic N) is 1. The van der Waals surface area contributed by atoms with Gasteiger partial charge in [-0.25, -0.2) is 8.78 Å². The van der Waals surface area contributed by atoms with Crippen LogP contribution in [0.15, 0.2) is 42.5 Å².